The number of hydrogen-bond acceptors (Lipinski definition) is 4. The first-order valence-corrected chi connectivity index (χ1v) is 8.03. The van der Waals surface area contributed by atoms with Crippen LogP contribution in [0.4, 0.5) is 0 Å². The molecule has 0 aliphatic rings. The fraction of sp³-hybridized carbons (Fsp3) is 0.211. The van der Waals surface area contributed by atoms with E-state index in [4.69, 9.17) is 16.3 Å². The third-order valence-corrected chi connectivity index (χ3v) is 4.32. The molecule has 0 saturated heterocycles. The van der Waals surface area contributed by atoms with Gasteiger partial charge < -0.3 is 9.84 Å². The lowest BCUT2D eigenvalue weighted by Gasteiger charge is -2.19. The van der Waals surface area contributed by atoms with E-state index in [2.05, 4.69) is 22.0 Å². The first kappa shape index (κ1) is 16.6. The Morgan fingerprint density at radius 2 is 1.92 bits per heavy atom. The Balaban J connectivity index is 1.82. The standard InChI is InChI=1S/C19H19ClN2O2/c1-22(12-14-9-19(24-2)18(23)10-16(14)20)11-13-5-3-7-17-15(13)6-4-8-21-17/h3-10,23H,11-12H2,1-2H3. The summed E-state index contributed by atoms with van der Waals surface area (Å²) in [5.74, 6) is 0.478. The molecule has 3 aromatic rings. The van der Waals surface area contributed by atoms with Crippen LogP contribution in [0.25, 0.3) is 10.9 Å². The number of benzene rings is 2. The molecule has 0 saturated carbocycles. The monoisotopic (exact) mass is 342 g/mol. The first-order chi connectivity index (χ1) is 11.6. The predicted molar refractivity (Wildman–Crippen MR) is 96.6 cm³/mol. The summed E-state index contributed by atoms with van der Waals surface area (Å²) >= 11 is 6.25. The second-order valence-corrected chi connectivity index (χ2v) is 6.18. The van der Waals surface area contributed by atoms with Crippen molar-refractivity contribution in [2.75, 3.05) is 14.2 Å². The Hall–Kier alpha value is -2.30. The predicted octanol–water partition coefficient (Wildman–Crippen LogP) is 4.23. The van der Waals surface area contributed by atoms with Crippen LogP contribution in [-0.4, -0.2) is 29.1 Å². The number of aromatic hydroxyl groups is 1. The number of rotatable bonds is 5. The van der Waals surface area contributed by atoms with E-state index in [9.17, 15) is 5.11 Å². The molecule has 0 aliphatic carbocycles. The summed E-state index contributed by atoms with van der Waals surface area (Å²) < 4.78 is 5.16. The SMILES string of the molecule is COc1cc(CN(C)Cc2cccc3ncccc23)c(Cl)cc1O. The van der Waals surface area contributed by atoms with Gasteiger partial charge in [0.1, 0.15) is 0 Å². The summed E-state index contributed by atoms with van der Waals surface area (Å²) in [6, 6.07) is 13.5. The Bertz CT molecular complexity index is 862. The second-order valence-electron chi connectivity index (χ2n) is 5.77. The lowest BCUT2D eigenvalue weighted by Crippen LogP contribution is -2.17. The van der Waals surface area contributed by atoms with Gasteiger partial charge in [0.05, 0.1) is 12.6 Å². The summed E-state index contributed by atoms with van der Waals surface area (Å²) in [5.41, 5.74) is 3.12. The van der Waals surface area contributed by atoms with Crippen LogP contribution in [0.1, 0.15) is 11.1 Å². The van der Waals surface area contributed by atoms with Gasteiger partial charge in [0.2, 0.25) is 0 Å². The van der Waals surface area contributed by atoms with Crippen molar-refractivity contribution in [2.24, 2.45) is 0 Å². The molecule has 0 unspecified atom stereocenters. The minimum Gasteiger partial charge on any atom is -0.504 e. The molecular weight excluding hydrogens is 324 g/mol. The Labute approximate surface area is 146 Å². The molecule has 0 radical (unpaired) electrons. The van der Waals surface area contributed by atoms with Crippen molar-refractivity contribution in [2.45, 2.75) is 13.1 Å². The molecule has 1 aromatic heterocycles. The number of pyridine rings is 1. The molecule has 24 heavy (non-hydrogen) atoms. The van der Waals surface area contributed by atoms with Crippen LogP contribution in [0, 0.1) is 0 Å². The fourth-order valence-corrected chi connectivity index (χ4v) is 3.03. The molecule has 2 aromatic carbocycles. The number of halogens is 1. The molecular formula is C19H19ClN2O2. The highest BCUT2D eigenvalue weighted by molar-refractivity contribution is 6.31. The van der Waals surface area contributed by atoms with E-state index in [1.54, 1.807) is 12.3 Å². The molecule has 0 aliphatic heterocycles. The van der Waals surface area contributed by atoms with Crippen LogP contribution in [0.3, 0.4) is 0 Å². The van der Waals surface area contributed by atoms with E-state index in [-0.39, 0.29) is 5.75 Å². The molecule has 0 bridgehead atoms. The molecule has 0 fully saturated rings. The van der Waals surface area contributed by atoms with Crippen LogP contribution >= 0.6 is 11.6 Å². The Morgan fingerprint density at radius 3 is 2.71 bits per heavy atom. The van der Waals surface area contributed by atoms with Crippen molar-refractivity contribution in [3.8, 4) is 11.5 Å². The summed E-state index contributed by atoms with van der Waals surface area (Å²) in [4.78, 5) is 6.56. The van der Waals surface area contributed by atoms with Crippen molar-refractivity contribution in [3.05, 3.63) is 64.8 Å². The molecule has 5 heteroatoms. The third kappa shape index (κ3) is 3.45. The van der Waals surface area contributed by atoms with Gasteiger partial charge in [-0.3, -0.25) is 9.88 Å². The van der Waals surface area contributed by atoms with Gasteiger partial charge in [0.15, 0.2) is 11.5 Å². The highest BCUT2D eigenvalue weighted by Gasteiger charge is 2.11. The van der Waals surface area contributed by atoms with Crippen LogP contribution < -0.4 is 4.74 Å². The van der Waals surface area contributed by atoms with Crippen molar-refractivity contribution in [3.63, 3.8) is 0 Å². The zero-order valence-corrected chi connectivity index (χ0v) is 14.4. The molecule has 4 nitrogen and oxygen atoms in total. The molecule has 0 atom stereocenters. The molecule has 3 rings (SSSR count). The van der Waals surface area contributed by atoms with Crippen molar-refractivity contribution in [1.82, 2.24) is 9.88 Å². The van der Waals surface area contributed by atoms with Crippen molar-refractivity contribution >= 4 is 22.5 Å². The smallest absolute Gasteiger partial charge is 0.160 e. The average molecular weight is 343 g/mol. The quantitative estimate of drug-likeness (QED) is 0.753. The Kier molecular flexibility index (Phi) is 4.88. The number of phenolic OH excluding ortho intramolecular Hbond substituents is 1. The maximum Gasteiger partial charge on any atom is 0.160 e. The molecule has 1 N–H and O–H groups in total. The zero-order chi connectivity index (χ0) is 17.1. The van der Waals surface area contributed by atoms with Gasteiger partial charge in [-0.15, -0.1) is 0 Å². The topological polar surface area (TPSA) is 45.6 Å². The van der Waals surface area contributed by atoms with Gasteiger partial charge in [-0.05, 0) is 36.4 Å². The maximum atomic E-state index is 9.77. The van der Waals surface area contributed by atoms with E-state index in [0.717, 1.165) is 23.0 Å². The van der Waals surface area contributed by atoms with E-state index < -0.39 is 0 Å². The summed E-state index contributed by atoms with van der Waals surface area (Å²) in [7, 11) is 3.56. The second kappa shape index (κ2) is 7.07. The number of hydrogen-bond donors (Lipinski definition) is 1. The van der Waals surface area contributed by atoms with Crippen LogP contribution in [0.5, 0.6) is 11.5 Å². The third-order valence-electron chi connectivity index (χ3n) is 3.96. The van der Waals surface area contributed by atoms with Crippen LogP contribution in [0.2, 0.25) is 5.02 Å². The largest absolute Gasteiger partial charge is 0.504 e. The van der Waals surface area contributed by atoms with E-state index in [1.165, 1.54) is 18.7 Å². The minimum atomic E-state index is 0.0500. The van der Waals surface area contributed by atoms with Gasteiger partial charge in [-0.2, -0.15) is 0 Å². The van der Waals surface area contributed by atoms with E-state index >= 15 is 0 Å². The van der Waals surface area contributed by atoms with Gasteiger partial charge in [0.25, 0.3) is 0 Å². The van der Waals surface area contributed by atoms with E-state index in [0.29, 0.717) is 17.3 Å². The summed E-state index contributed by atoms with van der Waals surface area (Å²) in [6.45, 7) is 1.41. The number of fused-ring (bicyclic) bond motifs is 1. The van der Waals surface area contributed by atoms with Gasteiger partial charge in [0, 0.05) is 35.8 Å². The molecule has 1 heterocycles. The molecule has 0 spiro atoms. The first-order valence-electron chi connectivity index (χ1n) is 7.65. The average Bonchev–Trinajstić information content (AvgIpc) is 2.57. The zero-order valence-electron chi connectivity index (χ0n) is 13.7. The van der Waals surface area contributed by atoms with Crippen molar-refractivity contribution in [1.29, 1.82) is 0 Å². The molecule has 124 valence electrons. The molecule has 0 amide bonds. The number of nitrogens with zero attached hydrogens (tertiary/aromatic N) is 2. The normalized spacial score (nSPS) is 11.2. The number of methoxy groups -OCH3 is 1. The van der Waals surface area contributed by atoms with Crippen LogP contribution in [-0.2, 0) is 13.1 Å². The lowest BCUT2D eigenvalue weighted by molar-refractivity contribution is 0.318. The van der Waals surface area contributed by atoms with E-state index in [1.807, 2.05) is 25.2 Å². The van der Waals surface area contributed by atoms with Gasteiger partial charge in [-0.25, -0.2) is 0 Å². The van der Waals surface area contributed by atoms with Crippen LogP contribution in [0.15, 0.2) is 48.7 Å². The summed E-state index contributed by atoms with van der Waals surface area (Å²) in [5, 5.41) is 11.5. The summed E-state index contributed by atoms with van der Waals surface area (Å²) in [6.07, 6.45) is 1.80. The number of aromatic nitrogens is 1. The highest BCUT2D eigenvalue weighted by Crippen LogP contribution is 2.32. The van der Waals surface area contributed by atoms with Gasteiger partial charge >= 0.3 is 0 Å². The lowest BCUT2D eigenvalue weighted by atomic mass is 10.1. The van der Waals surface area contributed by atoms with Gasteiger partial charge in [-0.1, -0.05) is 29.8 Å². The number of phenols is 1. The highest BCUT2D eigenvalue weighted by atomic mass is 35.5. The van der Waals surface area contributed by atoms with Crippen molar-refractivity contribution < 1.29 is 9.84 Å². The maximum absolute atomic E-state index is 9.77. The fourth-order valence-electron chi connectivity index (χ4n) is 2.81. The number of ether oxygens (including phenoxy) is 1. The minimum absolute atomic E-state index is 0.0500. The Morgan fingerprint density at radius 1 is 1.12 bits per heavy atom.